The summed E-state index contributed by atoms with van der Waals surface area (Å²) in [5, 5.41) is 9.15. The van der Waals surface area contributed by atoms with Crippen molar-refractivity contribution in [3.63, 3.8) is 0 Å². The second-order valence-corrected chi connectivity index (χ2v) is 4.77. The third-order valence-electron chi connectivity index (χ3n) is 2.03. The Morgan fingerprint density at radius 1 is 1.50 bits per heavy atom. The quantitative estimate of drug-likeness (QED) is 0.541. The molecule has 0 aliphatic rings. The van der Waals surface area contributed by atoms with Crippen LogP contribution in [0.5, 0.6) is 11.5 Å². The molecular formula is C10H13O5P. The van der Waals surface area contributed by atoms with E-state index < -0.39 is 18.6 Å². The molecule has 0 fully saturated rings. The van der Waals surface area contributed by atoms with Crippen LogP contribution in [0.4, 0.5) is 0 Å². The minimum absolute atomic E-state index is 0.0395. The molecule has 0 spiro atoms. The number of methoxy groups -OCH3 is 1. The van der Waals surface area contributed by atoms with Gasteiger partial charge in [0.15, 0.2) is 11.5 Å². The fourth-order valence-corrected chi connectivity index (χ4v) is 2.03. The van der Waals surface area contributed by atoms with Crippen molar-refractivity contribution in [2.75, 3.05) is 7.11 Å². The van der Waals surface area contributed by atoms with E-state index in [1.807, 2.05) is 0 Å². The fourth-order valence-electron chi connectivity index (χ4n) is 1.31. The Hall–Kier alpha value is -1.29. The van der Waals surface area contributed by atoms with E-state index in [9.17, 15) is 9.67 Å². The average molecular weight is 244 g/mol. The lowest BCUT2D eigenvalue weighted by Crippen LogP contribution is -2.07. The summed E-state index contributed by atoms with van der Waals surface area (Å²) < 4.78 is 16.0. The first-order chi connectivity index (χ1) is 7.40. The lowest BCUT2D eigenvalue weighted by Gasteiger charge is -2.12. The molecule has 6 heteroatoms. The van der Waals surface area contributed by atoms with Crippen LogP contribution in [0.15, 0.2) is 24.8 Å². The first-order valence-electron chi connectivity index (χ1n) is 4.47. The van der Waals surface area contributed by atoms with Crippen molar-refractivity contribution in [2.45, 2.75) is 6.42 Å². The van der Waals surface area contributed by atoms with E-state index in [1.54, 1.807) is 6.08 Å². The number of hydrogen-bond acceptors (Lipinski definition) is 3. The Balaban J connectivity index is 3.41. The van der Waals surface area contributed by atoms with Gasteiger partial charge in [0.1, 0.15) is 5.30 Å². The van der Waals surface area contributed by atoms with Gasteiger partial charge < -0.3 is 19.6 Å². The van der Waals surface area contributed by atoms with Crippen molar-refractivity contribution < 1.29 is 24.2 Å². The SMILES string of the molecule is C=CCc1cc(OC)c(O)c(P(=O)(O)O)c1. The van der Waals surface area contributed by atoms with Crippen LogP contribution in [-0.4, -0.2) is 22.0 Å². The minimum atomic E-state index is -4.51. The molecule has 1 rings (SSSR count). The second kappa shape index (κ2) is 4.70. The van der Waals surface area contributed by atoms with Crippen LogP contribution in [0.25, 0.3) is 0 Å². The predicted molar refractivity (Wildman–Crippen MR) is 60.2 cm³/mol. The zero-order valence-electron chi connectivity index (χ0n) is 8.75. The number of phenolic OH excluding ortho intramolecular Hbond substituents is 1. The first-order valence-corrected chi connectivity index (χ1v) is 6.08. The Kier molecular flexibility index (Phi) is 3.75. The summed E-state index contributed by atoms with van der Waals surface area (Å²) >= 11 is 0. The van der Waals surface area contributed by atoms with Gasteiger partial charge in [0.2, 0.25) is 0 Å². The van der Waals surface area contributed by atoms with Crippen LogP contribution in [-0.2, 0) is 11.0 Å². The first kappa shape index (κ1) is 12.8. The van der Waals surface area contributed by atoms with Crippen LogP contribution >= 0.6 is 7.60 Å². The maximum Gasteiger partial charge on any atom is 0.360 e. The highest BCUT2D eigenvalue weighted by Crippen LogP contribution is 2.41. The van der Waals surface area contributed by atoms with Gasteiger partial charge >= 0.3 is 7.60 Å². The van der Waals surface area contributed by atoms with E-state index in [2.05, 4.69) is 6.58 Å². The van der Waals surface area contributed by atoms with Gasteiger partial charge in [-0.1, -0.05) is 6.08 Å². The van der Waals surface area contributed by atoms with Crippen LogP contribution < -0.4 is 10.0 Å². The second-order valence-electron chi connectivity index (χ2n) is 3.20. The molecule has 0 bridgehead atoms. The standard InChI is InChI=1S/C10H13O5P/c1-3-4-7-5-8(15-2)10(11)9(6-7)16(12,13)14/h3,5-6,11H,1,4H2,2H3,(H2,12,13,14). The van der Waals surface area contributed by atoms with E-state index in [0.29, 0.717) is 12.0 Å². The predicted octanol–water partition coefficient (Wildman–Crippen LogP) is 0.932. The lowest BCUT2D eigenvalue weighted by atomic mass is 10.1. The summed E-state index contributed by atoms with van der Waals surface area (Å²) in [6.45, 7) is 3.53. The van der Waals surface area contributed by atoms with Gasteiger partial charge in [0.25, 0.3) is 0 Å². The molecule has 0 aliphatic carbocycles. The molecule has 0 aromatic heterocycles. The van der Waals surface area contributed by atoms with Crippen molar-refractivity contribution in [1.82, 2.24) is 0 Å². The van der Waals surface area contributed by atoms with E-state index in [0.717, 1.165) is 0 Å². The van der Waals surface area contributed by atoms with Gasteiger partial charge in [-0.25, -0.2) is 0 Å². The number of benzene rings is 1. The molecule has 16 heavy (non-hydrogen) atoms. The maximum absolute atomic E-state index is 11.1. The number of rotatable bonds is 4. The van der Waals surface area contributed by atoms with E-state index >= 15 is 0 Å². The highest BCUT2D eigenvalue weighted by molar-refractivity contribution is 7.60. The number of ether oxygens (including phenoxy) is 1. The van der Waals surface area contributed by atoms with Crippen LogP contribution in [0, 0.1) is 0 Å². The monoisotopic (exact) mass is 244 g/mol. The molecule has 88 valence electrons. The number of aromatic hydroxyl groups is 1. The molecule has 1 aromatic carbocycles. The van der Waals surface area contributed by atoms with Gasteiger partial charge in [-0.15, -0.1) is 6.58 Å². The highest BCUT2D eigenvalue weighted by atomic mass is 31.2. The van der Waals surface area contributed by atoms with Gasteiger partial charge in [-0.05, 0) is 24.1 Å². The lowest BCUT2D eigenvalue weighted by molar-refractivity contribution is 0.367. The molecule has 0 radical (unpaired) electrons. The van der Waals surface area contributed by atoms with Crippen LogP contribution in [0.1, 0.15) is 5.56 Å². The Morgan fingerprint density at radius 3 is 2.56 bits per heavy atom. The van der Waals surface area contributed by atoms with E-state index in [4.69, 9.17) is 14.5 Å². The molecular weight excluding hydrogens is 231 g/mol. The Morgan fingerprint density at radius 2 is 2.12 bits per heavy atom. The summed E-state index contributed by atoms with van der Waals surface area (Å²) in [6, 6.07) is 2.76. The zero-order chi connectivity index (χ0) is 12.3. The molecule has 0 atom stereocenters. The molecule has 1 aromatic rings. The van der Waals surface area contributed by atoms with E-state index in [-0.39, 0.29) is 5.75 Å². The maximum atomic E-state index is 11.1. The van der Waals surface area contributed by atoms with Gasteiger partial charge in [0, 0.05) is 0 Å². The van der Waals surface area contributed by atoms with Crippen molar-refractivity contribution >= 4 is 12.9 Å². The summed E-state index contributed by atoms with van der Waals surface area (Å²) in [5.74, 6) is -0.485. The molecule has 0 saturated carbocycles. The molecule has 0 unspecified atom stereocenters. The Bertz CT molecular complexity index is 449. The molecule has 0 amide bonds. The van der Waals surface area contributed by atoms with Crippen LogP contribution in [0.2, 0.25) is 0 Å². The molecule has 0 saturated heterocycles. The summed E-state index contributed by atoms with van der Waals surface area (Å²) in [5.41, 5.74) is 0.614. The highest BCUT2D eigenvalue weighted by Gasteiger charge is 2.25. The topological polar surface area (TPSA) is 87.0 Å². The van der Waals surface area contributed by atoms with Gasteiger partial charge in [-0.3, -0.25) is 4.57 Å². The van der Waals surface area contributed by atoms with Crippen LogP contribution in [0.3, 0.4) is 0 Å². The fraction of sp³-hybridized carbons (Fsp3) is 0.200. The number of phenols is 1. The zero-order valence-corrected chi connectivity index (χ0v) is 9.65. The molecule has 3 N–H and O–H groups in total. The summed E-state index contributed by atoms with van der Waals surface area (Å²) in [7, 11) is -3.20. The largest absolute Gasteiger partial charge is 0.504 e. The summed E-state index contributed by atoms with van der Waals surface area (Å²) in [4.78, 5) is 18.1. The van der Waals surface area contributed by atoms with Crippen molar-refractivity contribution in [1.29, 1.82) is 0 Å². The van der Waals surface area contributed by atoms with Gasteiger partial charge in [0.05, 0.1) is 7.11 Å². The van der Waals surface area contributed by atoms with E-state index in [1.165, 1.54) is 19.2 Å². The van der Waals surface area contributed by atoms with Crippen molar-refractivity contribution in [3.05, 3.63) is 30.4 Å². The minimum Gasteiger partial charge on any atom is -0.504 e. The third kappa shape index (κ3) is 2.64. The summed E-state index contributed by atoms with van der Waals surface area (Å²) in [6.07, 6.45) is 2.03. The normalized spacial score (nSPS) is 11.2. The van der Waals surface area contributed by atoms with Gasteiger partial charge in [-0.2, -0.15) is 0 Å². The molecule has 0 aliphatic heterocycles. The average Bonchev–Trinajstić information content (AvgIpc) is 2.19. The number of hydrogen-bond donors (Lipinski definition) is 3. The van der Waals surface area contributed by atoms with Crippen molar-refractivity contribution in [2.24, 2.45) is 0 Å². The Labute approximate surface area is 93.2 Å². The van der Waals surface area contributed by atoms with Crippen molar-refractivity contribution in [3.8, 4) is 11.5 Å². The molecule has 5 nitrogen and oxygen atoms in total. The molecule has 0 heterocycles. The third-order valence-corrected chi connectivity index (χ3v) is 3.00. The number of allylic oxidation sites excluding steroid dienone is 1. The smallest absolute Gasteiger partial charge is 0.360 e.